The van der Waals surface area contributed by atoms with E-state index in [0.29, 0.717) is 22.5 Å². The van der Waals surface area contributed by atoms with E-state index >= 15 is 0 Å². The monoisotopic (exact) mass is 485 g/mol. The Morgan fingerprint density at radius 1 is 1.19 bits per heavy atom. The maximum absolute atomic E-state index is 13.2. The predicted molar refractivity (Wildman–Crippen MR) is 124 cm³/mol. The average Bonchev–Trinajstić information content (AvgIpc) is 2.73. The van der Waals surface area contributed by atoms with Crippen LogP contribution in [0.1, 0.15) is 39.1 Å². The lowest BCUT2D eigenvalue weighted by molar-refractivity contribution is -0.147. The minimum absolute atomic E-state index is 0.237. The SMILES string of the molecule is COC(=O)[C@@H](C)Oc1ccc(C=Nn2c(C(C)(C)C)nc3ccc(Br)cc3c2=O)cc1. The van der Waals surface area contributed by atoms with Gasteiger partial charge in [0, 0.05) is 9.89 Å². The fraction of sp³-hybridized carbons (Fsp3) is 0.304. The van der Waals surface area contributed by atoms with Crippen LogP contribution in [0.4, 0.5) is 0 Å². The third-order valence-electron chi connectivity index (χ3n) is 4.53. The Labute approximate surface area is 188 Å². The van der Waals surface area contributed by atoms with Gasteiger partial charge in [-0.15, -0.1) is 0 Å². The van der Waals surface area contributed by atoms with E-state index in [4.69, 9.17) is 9.72 Å². The van der Waals surface area contributed by atoms with Crippen LogP contribution >= 0.6 is 15.9 Å². The molecule has 0 aliphatic heterocycles. The number of hydrogen-bond acceptors (Lipinski definition) is 6. The van der Waals surface area contributed by atoms with Gasteiger partial charge in [0.15, 0.2) is 6.10 Å². The molecule has 8 heteroatoms. The summed E-state index contributed by atoms with van der Waals surface area (Å²) in [6, 6.07) is 12.5. The highest BCUT2D eigenvalue weighted by Gasteiger charge is 2.23. The molecule has 0 saturated heterocycles. The topological polar surface area (TPSA) is 82.8 Å². The van der Waals surface area contributed by atoms with Crippen molar-refractivity contribution in [1.82, 2.24) is 9.66 Å². The van der Waals surface area contributed by atoms with Gasteiger partial charge in [0.05, 0.1) is 24.2 Å². The molecule has 1 heterocycles. The molecular weight excluding hydrogens is 462 g/mol. The van der Waals surface area contributed by atoms with Crippen LogP contribution in [0.3, 0.4) is 0 Å². The summed E-state index contributed by atoms with van der Waals surface area (Å²) >= 11 is 3.41. The highest BCUT2D eigenvalue weighted by molar-refractivity contribution is 9.10. The number of rotatable bonds is 5. The van der Waals surface area contributed by atoms with Crippen molar-refractivity contribution in [3.63, 3.8) is 0 Å². The van der Waals surface area contributed by atoms with Crippen molar-refractivity contribution in [3.8, 4) is 5.75 Å². The Bertz CT molecular complexity index is 1190. The van der Waals surface area contributed by atoms with Crippen molar-refractivity contribution in [3.05, 3.63) is 68.7 Å². The molecule has 0 bridgehead atoms. The molecular formula is C23H24BrN3O4. The summed E-state index contributed by atoms with van der Waals surface area (Å²) in [4.78, 5) is 29.4. The molecule has 0 amide bonds. The molecule has 3 aromatic rings. The van der Waals surface area contributed by atoms with E-state index in [1.54, 1.807) is 43.5 Å². The summed E-state index contributed by atoms with van der Waals surface area (Å²) in [6.07, 6.45) is 0.885. The van der Waals surface area contributed by atoms with Gasteiger partial charge in [-0.2, -0.15) is 9.78 Å². The fourth-order valence-electron chi connectivity index (χ4n) is 2.92. The zero-order valence-corrected chi connectivity index (χ0v) is 19.6. The first kappa shape index (κ1) is 22.7. The number of carbonyl (C=O) groups is 1. The molecule has 1 aromatic heterocycles. The van der Waals surface area contributed by atoms with E-state index in [1.807, 2.05) is 32.9 Å². The van der Waals surface area contributed by atoms with Gasteiger partial charge in [0.1, 0.15) is 11.6 Å². The van der Waals surface area contributed by atoms with Crippen LogP contribution in [0.25, 0.3) is 10.9 Å². The van der Waals surface area contributed by atoms with Crippen molar-refractivity contribution < 1.29 is 14.3 Å². The number of fused-ring (bicyclic) bond motifs is 1. The third kappa shape index (κ3) is 5.19. The quantitative estimate of drug-likeness (QED) is 0.397. The number of hydrogen-bond donors (Lipinski definition) is 0. The lowest BCUT2D eigenvalue weighted by atomic mass is 9.95. The van der Waals surface area contributed by atoms with Gasteiger partial charge in [-0.25, -0.2) is 9.78 Å². The minimum atomic E-state index is -0.708. The second kappa shape index (κ2) is 9.01. The Kier molecular flexibility index (Phi) is 6.59. The number of aromatic nitrogens is 2. The second-order valence-electron chi connectivity index (χ2n) is 8.06. The number of ether oxygens (including phenoxy) is 2. The fourth-order valence-corrected chi connectivity index (χ4v) is 3.28. The smallest absolute Gasteiger partial charge is 0.346 e. The zero-order valence-electron chi connectivity index (χ0n) is 18.0. The molecule has 2 aromatic carbocycles. The van der Waals surface area contributed by atoms with Gasteiger partial charge >= 0.3 is 5.97 Å². The predicted octanol–water partition coefficient (Wildman–Crippen LogP) is 4.28. The molecule has 1 atom stereocenters. The third-order valence-corrected chi connectivity index (χ3v) is 5.02. The van der Waals surface area contributed by atoms with Crippen molar-refractivity contribution in [2.75, 3.05) is 7.11 Å². The van der Waals surface area contributed by atoms with Crippen molar-refractivity contribution in [2.24, 2.45) is 5.10 Å². The van der Waals surface area contributed by atoms with Crippen molar-refractivity contribution in [2.45, 2.75) is 39.2 Å². The van der Waals surface area contributed by atoms with E-state index < -0.39 is 12.1 Å². The molecule has 0 fully saturated rings. The number of nitrogens with zero attached hydrogens (tertiary/aromatic N) is 3. The summed E-state index contributed by atoms with van der Waals surface area (Å²) in [6.45, 7) is 7.58. The normalized spacial score (nSPS) is 12.8. The van der Waals surface area contributed by atoms with Crippen molar-refractivity contribution >= 4 is 39.0 Å². The van der Waals surface area contributed by atoms with Crippen LogP contribution in [0, 0.1) is 0 Å². The van der Waals surface area contributed by atoms with E-state index in [2.05, 4.69) is 25.8 Å². The van der Waals surface area contributed by atoms with E-state index in [0.717, 1.165) is 10.0 Å². The van der Waals surface area contributed by atoms with Crippen LogP contribution in [-0.2, 0) is 14.9 Å². The number of benzene rings is 2. The van der Waals surface area contributed by atoms with Gasteiger partial charge in [-0.05, 0) is 55.0 Å². The Morgan fingerprint density at radius 2 is 1.87 bits per heavy atom. The second-order valence-corrected chi connectivity index (χ2v) is 8.98. The van der Waals surface area contributed by atoms with E-state index in [9.17, 15) is 9.59 Å². The molecule has 7 nitrogen and oxygen atoms in total. The zero-order chi connectivity index (χ0) is 22.8. The van der Waals surface area contributed by atoms with Gasteiger partial charge in [0.2, 0.25) is 0 Å². The van der Waals surface area contributed by atoms with E-state index in [-0.39, 0.29) is 11.0 Å². The average molecular weight is 486 g/mol. The standard InChI is InChI=1S/C23H24BrN3O4/c1-14(21(29)30-5)31-17-9-6-15(7-10-17)13-25-27-20(28)18-12-16(24)8-11-19(18)26-22(27)23(2,3)4/h6-14H,1-5H3/t14-/m1/s1. The number of carbonyl (C=O) groups excluding carboxylic acids is 1. The maximum atomic E-state index is 13.2. The molecule has 0 aliphatic carbocycles. The van der Waals surface area contributed by atoms with E-state index in [1.165, 1.54) is 11.8 Å². The Hall–Kier alpha value is -3.00. The van der Waals surface area contributed by atoms with Gasteiger partial charge < -0.3 is 9.47 Å². The molecule has 162 valence electrons. The van der Waals surface area contributed by atoms with Crippen LogP contribution in [0.5, 0.6) is 5.75 Å². The van der Waals surface area contributed by atoms with Gasteiger partial charge in [0.25, 0.3) is 5.56 Å². The molecule has 0 N–H and O–H groups in total. The highest BCUT2D eigenvalue weighted by Crippen LogP contribution is 2.23. The molecule has 0 radical (unpaired) electrons. The number of halogens is 1. The molecule has 31 heavy (non-hydrogen) atoms. The molecule has 3 rings (SSSR count). The van der Waals surface area contributed by atoms with Gasteiger partial charge in [-0.1, -0.05) is 36.7 Å². The lowest BCUT2D eigenvalue weighted by Gasteiger charge is -2.20. The summed E-state index contributed by atoms with van der Waals surface area (Å²) in [5, 5.41) is 4.93. The Morgan fingerprint density at radius 3 is 2.48 bits per heavy atom. The van der Waals surface area contributed by atoms with Crippen LogP contribution in [0.15, 0.2) is 56.8 Å². The molecule has 0 aliphatic rings. The van der Waals surface area contributed by atoms with Crippen LogP contribution in [0.2, 0.25) is 0 Å². The first-order chi connectivity index (χ1) is 14.6. The van der Waals surface area contributed by atoms with Crippen LogP contribution in [-0.4, -0.2) is 35.1 Å². The number of methoxy groups -OCH3 is 1. The highest BCUT2D eigenvalue weighted by atomic mass is 79.9. The summed E-state index contributed by atoms with van der Waals surface area (Å²) in [7, 11) is 1.32. The minimum Gasteiger partial charge on any atom is -0.479 e. The maximum Gasteiger partial charge on any atom is 0.346 e. The summed E-state index contributed by atoms with van der Waals surface area (Å²) < 4.78 is 12.3. The van der Waals surface area contributed by atoms with Gasteiger partial charge in [-0.3, -0.25) is 4.79 Å². The number of esters is 1. The molecule has 0 spiro atoms. The van der Waals surface area contributed by atoms with Crippen LogP contribution < -0.4 is 10.3 Å². The summed E-state index contributed by atoms with van der Waals surface area (Å²) in [5.74, 6) is 0.644. The Balaban J connectivity index is 1.96. The first-order valence-corrected chi connectivity index (χ1v) is 10.5. The molecule has 0 saturated carbocycles. The summed E-state index contributed by atoms with van der Waals surface area (Å²) in [5.41, 5.74) is 0.767. The van der Waals surface area contributed by atoms with Crippen molar-refractivity contribution in [1.29, 1.82) is 0 Å². The lowest BCUT2D eigenvalue weighted by Crippen LogP contribution is -2.29. The first-order valence-electron chi connectivity index (χ1n) is 9.72. The molecule has 0 unspecified atom stereocenters. The largest absolute Gasteiger partial charge is 0.479 e.